The van der Waals surface area contributed by atoms with Crippen LogP contribution in [0.2, 0.25) is 0 Å². The predicted molar refractivity (Wildman–Crippen MR) is 104 cm³/mol. The quantitative estimate of drug-likeness (QED) is 0.830. The maximum atomic E-state index is 12.8. The van der Waals surface area contributed by atoms with E-state index in [-0.39, 0.29) is 11.8 Å². The molecule has 0 saturated carbocycles. The van der Waals surface area contributed by atoms with E-state index in [0.29, 0.717) is 25.2 Å². The van der Waals surface area contributed by atoms with E-state index in [4.69, 9.17) is 0 Å². The number of carbonyl (C=O) groups excluding carboxylic acids is 2. The Labute approximate surface area is 160 Å². The van der Waals surface area contributed by atoms with E-state index in [0.717, 1.165) is 44.7 Å². The Hall–Kier alpha value is -2.60. The van der Waals surface area contributed by atoms with E-state index in [1.165, 1.54) is 0 Å². The average molecular weight is 366 g/mol. The van der Waals surface area contributed by atoms with Gasteiger partial charge in [-0.1, -0.05) is 0 Å². The first kappa shape index (κ1) is 17.8. The zero-order valence-corrected chi connectivity index (χ0v) is 15.6. The lowest BCUT2D eigenvalue weighted by Gasteiger charge is -2.35. The first-order valence-corrected chi connectivity index (χ1v) is 9.73. The van der Waals surface area contributed by atoms with Gasteiger partial charge in [0.05, 0.1) is 6.54 Å². The number of nitrogens with zero attached hydrogens (tertiary/aromatic N) is 4. The summed E-state index contributed by atoms with van der Waals surface area (Å²) in [6.07, 6.45) is 6.22. The smallest absolute Gasteiger partial charge is 0.253 e. The summed E-state index contributed by atoms with van der Waals surface area (Å²) in [5, 5.41) is 0. The summed E-state index contributed by atoms with van der Waals surface area (Å²) in [6, 6.07) is 11.7. The van der Waals surface area contributed by atoms with Gasteiger partial charge in [-0.05, 0) is 49.2 Å². The van der Waals surface area contributed by atoms with Gasteiger partial charge in [-0.2, -0.15) is 0 Å². The Morgan fingerprint density at radius 2 is 1.41 bits per heavy atom. The first-order valence-electron chi connectivity index (χ1n) is 9.73. The van der Waals surface area contributed by atoms with Gasteiger partial charge in [0, 0.05) is 62.9 Å². The monoisotopic (exact) mass is 366 g/mol. The molecule has 0 radical (unpaired) electrons. The number of hydrogen-bond acceptors (Lipinski definition) is 3. The van der Waals surface area contributed by atoms with Crippen LogP contribution in [0.25, 0.3) is 5.69 Å². The Kier molecular flexibility index (Phi) is 5.25. The summed E-state index contributed by atoms with van der Waals surface area (Å²) in [6.45, 7) is 5.14. The second kappa shape index (κ2) is 7.96. The second-order valence-electron chi connectivity index (χ2n) is 7.29. The Balaban J connectivity index is 1.30. The van der Waals surface area contributed by atoms with Crippen molar-refractivity contribution in [2.24, 2.45) is 0 Å². The SMILES string of the molecule is O=C(CN1CCN(C(=O)c2ccc(-n3cccc3)cc2)CC1)N1CCCC1. The van der Waals surface area contributed by atoms with Crippen LogP contribution >= 0.6 is 0 Å². The van der Waals surface area contributed by atoms with Crippen LogP contribution in [-0.2, 0) is 4.79 Å². The van der Waals surface area contributed by atoms with Crippen LogP contribution in [0.3, 0.4) is 0 Å². The normalized spacial score (nSPS) is 18.1. The number of amides is 2. The molecule has 0 atom stereocenters. The highest BCUT2D eigenvalue weighted by Crippen LogP contribution is 2.14. The number of likely N-dealkylation sites (tertiary alicyclic amines) is 1. The summed E-state index contributed by atoms with van der Waals surface area (Å²) in [7, 11) is 0. The van der Waals surface area contributed by atoms with Gasteiger partial charge in [-0.3, -0.25) is 14.5 Å². The number of rotatable bonds is 4. The average Bonchev–Trinajstić information content (AvgIpc) is 3.42. The van der Waals surface area contributed by atoms with E-state index >= 15 is 0 Å². The highest BCUT2D eigenvalue weighted by Gasteiger charge is 2.25. The van der Waals surface area contributed by atoms with Gasteiger partial charge >= 0.3 is 0 Å². The van der Waals surface area contributed by atoms with Gasteiger partial charge in [0.15, 0.2) is 0 Å². The van der Waals surface area contributed by atoms with Gasteiger partial charge in [-0.15, -0.1) is 0 Å². The van der Waals surface area contributed by atoms with Crippen LogP contribution in [0.4, 0.5) is 0 Å². The highest BCUT2D eigenvalue weighted by atomic mass is 16.2. The number of carbonyl (C=O) groups is 2. The molecule has 0 bridgehead atoms. The van der Waals surface area contributed by atoms with Crippen molar-refractivity contribution >= 4 is 11.8 Å². The maximum Gasteiger partial charge on any atom is 0.253 e. The third kappa shape index (κ3) is 4.06. The Morgan fingerprint density at radius 3 is 2.04 bits per heavy atom. The summed E-state index contributed by atoms with van der Waals surface area (Å²) in [5.74, 6) is 0.299. The fourth-order valence-electron chi connectivity index (χ4n) is 3.83. The summed E-state index contributed by atoms with van der Waals surface area (Å²) in [4.78, 5) is 31.1. The molecule has 2 amide bonds. The number of piperazine rings is 1. The van der Waals surface area contributed by atoms with E-state index in [2.05, 4.69) is 4.90 Å². The van der Waals surface area contributed by atoms with Gasteiger partial charge in [-0.25, -0.2) is 0 Å². The van der Waals surface area contributed by atoms with Crippen molar-refractivity contribution in [3.63, 3.8) is 0 Å². The minimum atomic E-state index is 0.0691. The molecule has 2 aromatic rings. The molecule has 3 heterocycles. The van der Waals surface area contributed by atoms with Crippen LogP contribution in [0.15, 0.2) is 48.8 Å². The van der Waals surface area contributed by atoms with E-state index in [9.17, 15) is 9.59 Å². The van der Waals surface area contributed by atoms with Crippen molar-refractivity contribution in [1.29, 1.82) is 0 Å². The number of benzene rings is 1. The largest absolute Gasteiger partial charge is 0.342 e. The van der Waals surface area contributed by atoms with Crippen LogP contribution in [0.1, 0.15) is 23.2 Å². The fraction of sp³-hybridized carbons (Fsp3) is 0.429. The molecule has 6 nitrogen and oxygen atoms in total. The Morgan fingerprint density at radius 1 is 0.778 bits per heavy atom. The molecule has 0 aliphatic carbocycles. The van der Waals surface area contributed by atoms with Crippen LogP contribution in [0, 0.1) is 0 Å². The molecule has 4 rings (SSSR count). The van der Waals surface area contributed by atoms with Crippen LogP contribution in [0.5, 0.6) is 0 Å². The number of aromatic nitrogens is 1. The van der Waals surface area contributed by atoms with Crippen molar-refractivity contribution in [2.45, 2.75) is 12.8 Å². The predicted octanol–water partition coefficient (Wildman–Crippen LogP) is 1.86. The summed E-state index contributed by atoms with van der Waals surface area (Å²) in [5.41, 5.74) is 1.76. The minimum absolute atomic E-state index is 0.0691. The highest BCUT2D eigenvalue weighted by molar-refractivity contribution is 5.94. The third-order valence-electron chi connectivity index (χ3n) is 5.49. The maximum absolute atomic E-state index is 12.8. The molecule has 6 heteroatoms. The lowest BCUT2D eigenvalue weighted by atomic mass is 10.1. The zero-order valence-electron chi connectivity index (χ0n) is 15.6. The molecule has 2 saturated heterocycles. The first-order chi connectivity index (χ1) is 13.2. The fourth-order valence-corrected chi connectivity index (χ4v) is 3.83. The standard InChI is InChI=1S/C21H26N4O2/c26-20(24-11-3-4-12-24)17-22-13-15-25(16-14-22)21(27)18-5-7-19(8-6-18)23-9-1-2-10-23/h1-2,5-10H,3-4,11-17H2. The summed E-state index contributed by atoms with van der Waals surface area (Å²) >= 11 is 0. The van der Waals surface area contributed by atoms with Crippen LogP contribution < -0.4 is 0 Å². The molecule has 0 unspecified atom stereocenters. The van der Waals surface area contributed by atoms with Gasteiger partial charge < -0.3 is 14.4 Å². The van der Waals surface area contributed by atoms with E-state index in [1.54, 1.807) is 0 Å². The molecule has 0 N–H and O–H groups in total. The lowest BCUT2D eigenvalue weighted by molar-refractivity contribution is -0.131. The molecule has 1 aromatic carbocycles. The molecule has 27 heavy (non-hydrogen) atoms. The van der Waals surface area contributed by atoms with Gasteiger partial charge in [0.25, 0.3) is 5.91 Å². The molecule has 1 aromatic heterocycles. The lowest BCUT2D eigenvalue weighted by Crippen LogP contribution is -2.51. The van der Waals surface area contributed by atoms with Gasteiger partial charge in [0.2, 0.25) is 5.91 Å². The van der Waals surface area contributed by atoms with Crippen molar-refractivity contribution in [2.75, 3.05) is 45.8 Å². The summed E-state index contributed by atoms with van der Waals surface area (Å²) < 4.78 is 2.02. The Bertz CT molecular complexity index is 771. The third-order valence-corrected chi connectivity index (χ3v) is 5.49. The minimum Gasteiger partial charge on any atom is -0.342 e. The van der Waals surface area contributed by atoms with Crippen LogP contribution in [-0.4, -0.2) is 76.9 Å². The molecule has 142 valence electrons. The molecular weight excluding hydrogens is 340 g/mol. The topological polar surface area (TPSA) is 48.8 Å². The van der Waals surface area contributed by atoms with E-state index in [1.807, 2.05) is 63.2 Å². The second-order valence-corrected chi connectivity index (χ2v) is 7.29. The molecule has 2 aliphatic heterocycles. The molecular formula is C21H26N4O2. The molecule has 0 spiro atoms. The van der Waals surface area contributed by atoms with Crippen molar-refractivity contribution in [3.8, 4) is 5.69 Å². The molecule has 2 aliphatic rings. The van der Waals surface area contributed by atoms with Crippen molar-refractivity contribution in [3.05, 3.63) is 54.4 Å². The van der Waals surface area contributed by atoms with Crippen molar-refractivity contribution in [1.82, 2.24) is 19.3 Å². The van der Waals surface area contributed by atoms with Gasteiger partial charge in [0.1, 0.15) is 0 Å². The van der Waals surface area contributed by atoms with E-state index < -0.39 is 0 Å². The number of hydrogen-bond donors (Lipinski definition) is 0. The van der Waals surface area contributed by atoms with Crippen molar-refractivity contribution < 1.29 is 9.59 Å². The molecule has 2 fully saturated rings. The zero-order chi connectivity index (χ0) is 18.6.